The van der Waals surface area contributed by atoms with Gasteiger partial charge >= 0.3 is 0 Å². The highest BCUT2D eigenvalue weighted by Crippen LogP contribution is 2.25. The Morgan fingerprint density at radius 1 is 1.17 bits per heavy atom. The van der Waals surface area contributed by atoms with E-state index >= 15 is 0 Å². The largest absolute Gasteiger partial charge is 0.448 e. The van der Waals surface area contributed by atoms with Crippen molar-refractivity contribution in [2.75, 3.05) is 11.9 Å². The fourth-order valence-corrected chi connectivity index (χ4v) is 2.64. The van der Waals surface area contributed by atoms with Crippen molar-refractivity contribution in [3.63, 3.8) is 0 Å². The van der Waals surface area contributed by atoms with Gasteiger partial charge in [-0.25, -0.2) is 13.8 Å². The van der Waals surface area contributed by atoms with Crippen molar-refractivity contribution in [3.05, 3.63) is 52.5 Å². The third kappa shape index (κ3) is 4.84. The van der Waals surface area contributed by atoms with Crippen LogP contribution in [0, 0.1) is 11.6 Å². The topological polar surface area (TPSA) is 110 Å². The number of fused-ring (bicyclic) bond motifs is 1. The summed E-state index contributed by atoms with van der Waals surface area (Å²) in [5, 5.41) is 22.4. The Balaban J connectivity index is 2.08. The van der Waals surface area contributed by atoms with E-state index in [1.165, 1.54) is 23.8 Å². The molecule has 0 fully saturated rings. The average molecular weight is 406 g/mol. The van der Waals surface area contributed by atoms with Crippen LogP contribution in [-0.4, -0.2) is 43.5 Å². The monoisotopic (exact) mass is 406 g/mol. The van der Waals surface area contributed by atoms with Gasteiger partial charge < -0.3 is 20.3 Å². The van der Waals surface area contributed by atoms with Gasteiger partial charge in [0.05, 0.1) is 18.8 Å². The molecule has 0 saturated carbocycles. The van der Waals surface area contributed by atoms with Gasteiger partial charge in [-0.1, -0.05) is 0 Å². The summed E-state index contributed by atoms with van der Waals surface area (Å²) in [5.41, 5.74) is -0.423. The van der Waals surface area contributed by atoms with E-state index in [-0.39, 0.29) is 36.2 Å². The second-order valence-electron chi connectivity index (χ2n) is 6.65. The Labute approximate surface area is 164 Å². The van der Waals surface area contributed by atoms with Crippen molar-refractivity contribution in [3.8, 4) is 11.5 Å². The minimum atomic E-state index is -0.958. The number of nitrogens with zero attached hydrogens (tertiary/aromatic N) is 3. The third-order valence-corrected chi connectivity index (χ3v) is 3.91. The fourth-order valence-electron chi connectivity index (χ4n) is 2.64. The van der Waals surface area contributed by atoms with Gasteiger partial charge in [-0.15, -0.1) is 0 Å². The van der Waals surface area contributed by atoms with Crippen molar-refractivity contribution in [2.24, 2.45) is 0 Å². The van der Waals surface area contributed by atoms with E-state index in [9.17, 15) is 23.8 Å². The summed E-state index contributed by atoms with van der Waals surface area (Å²) in [7, 11) is 0. The first kappa shape index (κ1) is 20.6. The number of ether oxygens (including phenoxy) is 1. The molecule has 0 aliphatic rings. The van der Waals surface area contributed by atoms with Crippen molar-refractivity contribution < 1.29 is 23.7 Å². The molecule has 1 aromatic carbocycles. The number of benzene rings is 1. The maximum atomic E-state index is 13.9. The smallest absolute Gasteiger partial charge is 0.295 e. The van der Waals surface area contributed by atoms with Gasteiger partial charge in [0.15, 0.2) is 17.3 Å². The molecule has 0 aliphatic heterocycles. The number of pyridine rings is 1. The first-order valence-electron chi connectivity index (χ1n) is 8.88. The second kappa shape index (κ2) is 8.50. The second-order valence-corrected chi connectivity index (χ2v) is 6.65. The SMILES string of the molecule is C[C@H](O)CNc1ncc2cc(Oc3ccc(F)cc3F)c(=O)n(C[C@@H](C)O)c2n1. The van der Waals surface area contributed by atoms with E-state index in [4.69, 9.17) is 4.74 Å². The molecule has 2 aromatic heterocycles. The summed E-state index contributed by atoms with van der Waals surface area (Å²) in [6.07, 6.45) is -0.0775. The third-order valence-electron chi connectivity index (χ3n) is 3.91. The summed E-state index contributed by atoms with van der Waals surface area (Å²) in [6.45, 7) is 3.21. The number of hydrogen-bond acceptors (Lipinski definition) is 7. The fraction of sp³-hybridized carbons (Fsp3) is 0.316. The number of nitrogens with one attached hydrogen (secondary N) is 1. The number of hydrogen-bond donors (Lipinski definition) is 3. The Kier molecular flexibility index (Phi) is 6.04. The van der Waals surface area contributed by atoms with E-state index in [0.29, 0.717) is 11.5 Å². The number of rotatable bonds is 7. The Morgan fingerprint density at radius 2 is 1.93 bits per heavy atom. The number of aromatic nitrogens is 3. The van der Waals surface area contributed by atoms with Crippen LogP contribution in [0.15, 0.2) is 35.3 Å². The lowest BCUT2D eigenvalue weighted by atomic mass is 10.3. The molecule has 8 nitrogen and oxygen atoms in total. The van der Waals surface area contributed by atoms with Crippen molar-refractivity contribution >= 4 is 17.0 Å². The number of aliphatic hydroxyl groups is 2. The summed E-state index contributed by atoms with van der Waals surface area (Å²) >= 11 is 0. The van der Waals surface area contributed by atoms with Crippen molar-refractivity contribution in [1.82, 2.24) is 14.5 Å². The summed E-state index contributed by atoms with van der Waals surface area (Å²) in [6, 6.07) is 4.08. The van der Waals surface area contributed by atoms with Crippen LogP contribution in [-0.2, 0) is 6.54 Å². The first-order chi connectivity index (χ1) is 13.7. The molecule has 0 spiro atoms. The number of aliphatic hydroxyl groups excluding tert-OH is 2. The lowest BCUT2D eigenvalue weighted by molar-refractivity contribution is 0.173. The minimum absolute atomic E-state index is 0.0920. The predicted molar refractivity (Wildman–Crippen MR) is 102 cm³/mol. The molecule has 0 unspecified atom stereocenters. The van der Waals surface area contributed by atoms with Crippen LogP contribution in [0.25, 0.3) is 11.0 Å². The molecule has 3 rings (SSSR count). The van der Waals surface area contributed by atoms with E-state index in [1.807, 2.05) is 0 Å². The summed E-state index contributed by atoms with van der Waals surface area (Å²) < 4.78 is 33.6. The number of anilines is 1. The van der Waals surface area contributed by atoms with Crippen molar-refractivity contribution in [2.45, 2.75) is 32.6 Å². The number of halogens is 2. The highest BCUT2D eigenvalue weighted by Gasteiger charge is 2.16. The molecule has 0 aliphatic carbocycles. The molecular weight excluding hydrogens is 386 g/mol. The Bertz CT molecular complexity index is 1090. The summed E-state index contributed by atoms with van der Waals surface area (Å²) in [4.78, 5) is 21.3. The van der Waals surface area contributed by atoms with Gasteiger partial charge in [0.1, 0.15) is 11.5 Å². The van der Waals surface area contributed by atoms with Gasteiger partial charge in [0.2, 0.25) is 5.95 Å². The van der Waals surface area contributed by atoms with Crippen LogP contribution in [0.2, 0.25) is 0 Å². The van der Waals surface area contributed by atoms with Gasteiger partial charge in [-0.3, -0.25) is 9.36 Å². The van der Waals surface area contributed by atoms with Gasteiger partial charge in [-0.2, -0.15) is 4.98 Å². The van der Waals surface area contributed by atoms with Gasteiger partial charge in [-0.05, 0) is 32.0 Å². The average Bonchev–Trinajstić information content (AvgIpc) is 2.65. The quantitative estimate of drug-likeness (QED) is 0.551. The molecular formula is C19H20F2N4O4. The minimum Gasteiger partial charge on any atom is -0.448 e. The molecule has 0 bridgehead atoms. The zero-order valence-electron chi connectivity index (χ0n) is 15.8. The van der Waals surface area contributed by atoms with Crippen LogP contribution < -0.4 is 15.6 Å². The van der Waals surface area contributed by atoms with Crippen LogP contribution >= 0.6 is 0 Å². The molecule has 29 heavy (non-hydrogen) atoms. The van der Waals surface area contributed by atoms with E-state index in [0.717, 1.165) is 12.1 Å². The van der Waals surface area contributed by atoms with Gasteiger partial charge in [0, 0.05) is 24.2 Å². The zero-order chi connectivity index (χ0) is 21.1. The predicted octanol–water partition coefficient (Wildman–Crippen LogP) is 2.04. The highest BCUT2D eigenvalue weighted by molar-refractivity contribution is 5.77. The van der Waals surface area contributed by atoms with E-state index in [2.05, 4.69) is 15.3 Å². The summed E-state index contributed by atoms with van der Waals surface area (Å²) in [5.74, 6) is -2.08. The highest BCUT2D eigenvalue weighted by atomic mass is 19.1. The Hall–Kier alpha value is -3.11. The molecule has 3 aromatic rings. The van der Waals surface area contributed by atoms with Crippen LogP contribution in [0.4, 0.5) is 14.7 Å². The van der Waals surface area contributed by atoms with E-state index < -0.39 is 29.4 Å². The van der Waals surface area contributed by atoms with Crippen LogP contribution in [0.5, 0.6) is 11.5 Å². The van der Waals surface area contributed by atoms with E-state index in [1.54, 1.807) is 6.92 Å². The molecule has 0 amide bonds. The zero-order valence-corrected chi connectivity index (χ0v) is 15.8. The molecule has 3 N–H and O–H groups in total. The molecule has 2 heterocycles. The molecule has 0 radical (unpaired) electrons. The van der Waals surface area contributed by atoms with Crippen molar-refractivity contribution in [1.29, 1.82) is 0 Å². The molecule has 0 saturated heterocycles. The molecule has 154 valence electrons. The van der Waals surface area contributed by atoms with Crippen LogP contribution in [0.3, 0.4) is 0 Å². The maximum absolute atomic E-state index is 13.9. The lowest BCUT2D eigenvalue weighted by Gasteiger charge is -2.15. The lowest BCUT2D eigenvalue weighted by Crippen LogP contribution is -2.27. The normalized spacial score (nSPS) is 13.3. The van der Waals surface area contributed by atoms with Gasteiger partial charge in [0.25, 0.3) is 5.56 Å². The Morgan fingerprint density at radius 3 is 2.59 bits per heavy atom. The molecule has 2 atom stereocenters. The standard InChI is InChI=1S/C19H20F2N4O4/c1-10(26)7-22-19-23-8-12-5-16(29-15-4-3-13(20)6-14(15)21)18(28)25(9-11(2)27)17(12)24-19/h3-6,8,10-11,26-27H,7,9H2,1-2H3,(H,22,23,24)/t10-,11+/m0/s1. The first-order valence-corrected chi connectivity index (χ1v) is 8.88. The maximum Gasteiger partial charge on any atom is 0.295 e. The van der Waals surface area contributed by atoms with Crippen LogP contribution in [0.1, 0.15) is 13.8 Å². The molecule has 10 heteroatoms.